The highest BCUT2D eigenvalue weighted by Crippen LogP contribution is 2.43. The largest absolute Gasteiger partial charge is 0.458 e. The van der Waals surface area contributed by atoms with Crippen molar-refractivity contribution in [2.24, 2.45) is 29.1 Å². The minimum atomic E-state index is -1.19. The molecule has 0 bridgehead atoms. The highest BCUT2D eigenvalue weighted by Gasteiger charge is 2.43. The second kappa shape index (κ2) is 11.7. The lowest BCUT2D eigenvalue weighted by molar-refractivity contribution is -0.155. The minimum absolute atomic E-state index is 0.00205. The van der Waals surface area contributed by atoms with Gasteiger partial charge in [-0.05, 0) is 68.9 Å². The summed E-state index contributed by atoms with van der Waals surface area (Å²) in [5.41, 5.74) is 0.644. The first-order valence-corrected chi connectivity index (χ1v) is 14.0. The Bertz CT molecular complexity index is 922. The maximum absolute atomic E-state index is 13.2. The predicted octanol–water partition coefficient (Wildman–Crippen LogP) is 5.35. The Hall–Kier alpha value is -1.57. The first-order chi connectivity index (χ1) is 16.4. The molecule has 1 saturated heterocycles. The van der Waals surface area contributed by atoms with Crippen molar-refractivity contribution in [3.63, 3.8) is 0 Å². The van der Waals surface area contributed by atoms with Crippen LogP contribution in [0.2, 0.25) is 0 Å². The Balaban J connectivity index is 1.84. The van der Waals surface area contributed by atoms with Gasteiger partial charge in [0.05, 0.1) is 34.7 Å². The van der Waals surface area contributed by atoms with Gasteiger partial charge >= 0.3 is 5.97 Å². The average Bonchev–Trinajstić information content (AvgIpc) is 3.20. The Kier molecular flexibility index (Phi) is 9.33. The van der Waals surface area contributed by atoms with Crippen molar-refractivity contribution in [2.45, 2.75) is 105 Å². The van der Waals surface area contributed by atoms with Crippen molar-refractivity contribution in [3.05, 3.63) is 21.7 Å². The first-order valence-electron chi connectivity index (χ1n) is 13.1. The Morgan fingerprint density at radius 3 is 2.43 bits per heavy atom. The van der Waals surface area contributed by atoms with Crippen LogP contribution in [0.3, 0.4) is 0 Å². The van der Waals surface area contributed by atoms with Gasteiger partial charge in [-0.3, -0.25) is 9.59 Å². The van der Waals surface area contributed by atoms with Gasteiger partial charge in [-0.2, -0.15) is 0 Å². The first kappa shape index (κ1) is 28.0. The standard InChI is InChI=1S/C28H43NO5S/c1-16-8-7-9-20-10-11-21(20)13-23(17(2)12-22-15-35-19(4)29-22)34-25(31)14-24(30)28(5,6)27(33)18(3)26(16)32/h12,15-16,18,20-21,23-24,26,30,32H,7-11,13-14H2,1-6H3/b17-12+/t16-,18+,20+,21-,23-,24-,26-/m0/s1. The number of hydrogen-bond donors (Lipinski definition) is 2. The third-order valence-corrected chi connectivity index (χ3v) is 9.25. The van der Waals surface area contributed by atoms with Gasteiger partial charge < -0.3 is 14.9 Å². The van der Waals surface area contributed by atoms with Crippen LogP contribution in [-0.4, -0.2) is 45.3 Å². The number of aromatic nitrogens is 1. The van der Waals surface area contributed by atoms with Crippen LogP contribution in [0.4, 0.5) is 0 Å². The molecule has 7 atom stereocenters. The fourth-order valence-electron chi connectivity index (χ4n) is 5.59. The van der Waals surface area contributed by atoms with Gasteiger partial charge in [0.25, 0.3) is 0 Å². The smallest absolute Gasteiger partial charge is 0.309 e. The fraction of sp³-hybridized carbons (Fsp3) is 0.750. The van der Waals surface area contributed by atoms with Crippen molar-refractivity contribution in [3.8, 4) is 0 Å². The summed E-state index contributed by atoms with van der Waals surface area (Å²) >= 11 is 1.59. The normalized spacial score (nSPS) is 35.7. The number of cyclic esters (lactones) is 1. The van der Waals surface area contributed by atoms with E-state index in [2.05, 4.69) is 4.98 Å². The molecular formula is C28H43NO5S. The molecule has 1 aromatic rings. The lowest BCUT2D eigenvalue weighted by Gasteiger charge is -2.40. The molecular weight excluding hydrogens is 462 g/mol. The van der Waals surface area contributed by atoms with Gasteiger partial charge in [0.1, 0.15) is 11.9 Å². The van der Waals surface area contributed by atoms with Gasteiger partial charge in [0.2, 0.25) is 0 Å². The van der Waals surface area contributed by atoms with E-state index in [4.69, 9.17) is 4.74 Å². The molecule has 7 heteroatoms. The number of aliphatic hydroxyl groups excluding tert-OH is 2. The van der Waals surface area contributed by atoms with Crippen molar-refractivity contribution >= 4 is 29.2 Å². The number of aliphatic hydroxyl groups is 2. The molecule has 1 aliphatic carbocycles. The van der Waals surface area contributed by atoms with Gasteiger partial charge in [0.15, 0.2) is 0 Å². The SMILES string of the molecule is C/C(=C\c1csc(C)n1)[C@@H]1C[C@@H]2CC[C@H]2CCC[C@H](C)[C@H](O)[C@@H](C)C(=O)C(C)(C)[C@@H](O)CC(=O)O1. The number of carbonyl (C=O) groups is 2. The number of ether oxygens (including phenoxy) is 1. The Morgan fingerprint density at radius 2 is 1.83 bits per heavy atom. The topological polar surface area (TPSA) is 96.7 Å². The van der Waals surface area contributed by atoms with Crippen LogP contribution >= 0.6 is 11.3 Å². The lowest BCUT2D eigenvalue weighted by Crippen LogP contribution is -2.46. The van der Waals surface area contributed by atoms with E-state index < -0.39 is 29.5 Å². The van der Waals surface area contributed by atoms with Gasteiger partial charge in [0, 0.05) is 11.3 Å². The predicted molar refractivity (Wildman–Crippen MR) is 139 cm³/mol. The summed E-state index contributed by atoms with van der Waals surface area (Å²) < 4.78 is 5.96. The fourth-order valence-corrected chi connectivity index (χ4v) is 6.16. The van der Waals surface area contributed by atoms with E-state index in [0.29, 0.717) is 11.8 Å². The summed E-state index contributed by atoms with van der Waals surface area (Å²) in [5, 5.41) is 24.7. The molecule has 0 radical (unpaired) electrons. The van der Waals surface area contributed by atoms with Crippen LogP contribution in [0.25, 0.3) is 6.08 Å². The molecule has 2 fully saturated rings. The second-order valence-corrected chi connectivity index (χ2v) is 12.5. The third-order valence-electron chi connectivity index (χ3n) is 8.46. The van der Waals surface area contributed by atoms with E-state index in [-0.39, 0.29) is 24.2 Å². The number of esters is 1. The summed E-state index contributed by atoms with van der Waals surface area (Å²) in [7, 11) is 0. The van der Waals surface area contributed by atoms with Crippen LogP contribution < -0.4 is 0 Å². The quantitative estimate of drug-likeness (QED) is 0.526. The second-order valence-electron chi connectivity index (χ2n) is 11.5. The minimum Gasteiger partial charge on any atom is -0.458 e. The number of ketones is 1. The Morgan fingerprint density at radius 1 is 1.14 bits per heavy atom. The van der Waals surface area contributed by atoms with Gasteiger partial charge in [-0.15, -0.1) is 11.3 Å². The molecule has 1 aromatic heterocycles. The number of carbonyl (C=O) groups excluding carboxylic acids is 2. The molecule has 1 aliphatic heterocycles. The summed E-state index contributed by atoms with van der Waals surface area (Å²) in [6.07, 6.45) is 5.41. The Labute approximate surface area is 214 Å². The molecule has 1 saturated carbocycles. The van der Waals surface area contributed by atoms with Gasteiger partial charge in [-0.1, -0.05) is 40.5 Å². The van der Waals surface area contributed by atoms with Crippen molar-refractivity contribution in [1.29, 1.82) is 0 Å². The number of aryl methyl sites for hydroxylation is 1. The van der Waals surface area contributed by atoms with Crippen LogP contribution in [0.1, 0.15) is 90.3 Å². The van der Waals surface area contributed by atoms with E-state index in [1.54, 1.807) is 32.1 Å². The summed E-state index contributed by atoms with van der Waals surface area (Å²) in [5.74, 6) is -0.271. The maximum atomic E-state index is 13.2. The van der Waals surface area contributed by atoms with Crippen molar-refractivity contribution in [2.75, 3.05) is 0 Å². The summed E-state index contributed by atoms with van der Waals surface area (Å²) in [6, 6.07) is 0. The van der Waals surface area contributed by atoms with Crippen molar-refractivity contribution in [1.82, 2.24) is 4.98 Å². The molecule has 0 spiro atoms. The molecule has 2 N–H and O–H groups in total. The molecule has 35 heavy (non-hydrogen) atoms. The summed E-state index contributed by atoms with van der Waals surface area (Å²) in [4.78, 5) is 30.7. The molecule has 3 rings (SSSR count). The highest BCUT2D eigenvalue weighted by atomic mass is 32.1. The number of fused-ring (bicyclic) bond motifs is 1. The maximum Gasteiger partial charge on any atom is 0.309 e. The molecule has 0 amide bonds. The molecule has 196 valence electrons. The summed E-state index contributed by atoms with van der Waals surface area (Å²) in [6.45, 7) is 11.0. The number of hydrogen-bond acceptors (Lipinski definition) is 7. The van der Waals surface area contributed by atoms with Crippen LogP contribution in [0.15, 0.2) is 11.0 Å². The van der Waals surface area contributed by atoms with E-state index in [1.807, 2.05) is 32.2 Å². The van der Waals surface area contributed by atoms with E-state index in [0.717, 1.165) is 48.4 Å². The van der Waals surface area contributed by atoms with Gasteiger partial charge in [-0.25, -0.2) is 4.98 Å². The van der Waals surface area contributed by atoms with Crippen molar-refractivity contribution < 1.29 is 24.5 Å². The highest BCUT2D eigenvalue weighted by molar-refractivity contribution is 7.09. The molecule has 2 aliphatic rings. The molecule has 0 unspecified atom stereocenters. The van der Waals surface area contributed by atoms with E-state index >= 15 is 0 Å². The number of Topliss-reactive ketones (excluding diaryl/α,β-unsaturated/α-hetero) is 1. The van der Waals surface area contributed by atoms with E-state index in [1.165, 1.54) is 6.42 Å². The number of rotatable bonds is 2. The van der Waals surface area contributed by atoms with E-state index in [9.17, 15) is 19.8 Å². The third kappa shape index (κ3) is 6.80. The zero-order valence-electron chi connectivity index (χ0n) is 22.1. The van der Waals surface area contributed by atoms with Crippen LogP contribution in [-0.2, 0) is 14.3 Å². The monoisotopic (exact) mass is 505 g/mol. The molecule has 2 heterocycles. The molecule has 0 aromatic carbocycles. The van der Waals surface area contributed by atoms with Crippen LogP contribution in [0, 0.1) is 36.0 Å². The molecule has 6 nitrogen and oxygen atoms in total. The number of thiazole rings is 1. The number of nitrogens with zero attached hydrogens (tertiary/aromatic N) is 1. The average molecular weight is 506 g/mol. The zero-order valence-corrected chi connectivity index (χ0v) is 22.9. The van der Waals surface area contributed by atoms with Crippen LogP contribution in [0.5, 0.6) is 0 Å². The zero-order chi connectivity index (χ0) is 25.9. The lowest BCUT2D eigenvalue weighted by atomic mass is 9.68.